The molecule has 0 spiro atoms. The van der Waals surface area contributed by atoms with Gasteiger partial charge in [0, 0.05) is 0 Å². The van der Waals surface area contributed by atoms with Gasteiger partial charge in [0.15, 0.2) is 0 Å². The van der Waals surface area contributed by atoms with Crippen LogP contribution in [-0.4, -0.2) is 33.4 Å². The number of carbonyl (C=O) groups is 1. The van der Waals surface area contributed by atoms with E-state index >= 15 is 0 Å². The molecule has 0 atom stereocenters. The van der Waals surface area contributed by atoms with Crippen LogP contribution >= 0.6 is 0 Å². The van der Waals surface area contributed by atoms with Crippen molar-refractivity contribution in [2.45, 2.75) is 20.3 Å². The molecule has 0 aromatic heterocycles. The number of aryl methyl sites for hydroxylation is 1. The molecule has 1 aromatic rings. The van der Waals surface area contributed by atoms with E-state index in [0.29, 0.717) is 12.0 Å². The van der Waals surface area contributed by atoms with Crippen molar-refractivity contribution >= 4 is 30.1 Å². The quantitative estimate of drug-likeness (QED) is 0.444. The Morgan fingerprint density at radius 2 is 2.00 bits per heavy atom. The van der Waals surface area contributed by atoms with Gasteiger partial charge in [-0.25, -0.2) is 0 Å². The summed E-state index contributed by atoms with van der Waals surface area (Å²) in [5.41, 5.74) is 0.655. The zero-order chi connectivity index (χ0) is 13.2. The van der Waals surface area contributed by atoms with Gasteiger partial charge in [0.2, 0.25) is 0 Å². The van der Waals surface area contributed by atoms with E-state index in [0.717, 1.165) is 6.07 Å². The molecule has 0 radical (unpaired) electrons. The molecule has 1 amide bonds. The molecule has 1 rings (SSSR count). The summed E-state index contributed by atoms with van der Waals surface area (Å²) in [5.74, 6) is -0.740. The number of phenolic OH excluding ortho intramolecular Hbond substituents is 1. The third-order valence-corrected chi connectivity index (χ3v) is 4.22. The van der Waals surface area contributed by atoms with Gasteiger partial charge in [-0.05, 0) is 0 Å². The Bertz CT molecular complexity index is 494. The minimum atomic E-state index is -5.21. The van der Waals surface area contributed by atoms with Gasteiger partial charge in [-0.15, -0.1) is 0 Å². The van der Waals surface area contributed by atoms with E-state index in [9.17, 15) is 13.6 Å². The van der Waals surface area contributed by atoms with E-state index in [1.54, 1.807) is 6.92 Å². The number of anilines is 1. The van der Waals surface area contributed by atoms with Crippen LogP contribution < -0.4 is 9.67 Å². The summed E-state index contributed by atoms with van der Waals surface area (Å²) in [6.45, 7) is 3.03. The molecule has 94 valence electrons. The molecular weight excluding hydrogens is 289 g/mol. The van der Waals surface area contributed by atoms with Crippen LogP contribution in [0.5, 0.6) is 5.75 Å². The first kappa shape index (κ1) is 13.8. The van der Waals surface area contributed by atoms with Gasteiger partial charge in [0.1, 0.15) is 0 Å². The van der Waals surface area contributed by atoms with Crippen LogP contribution in [0.2, 0.25) is 0 Å². The standard InChI is InChI=1S/C10H14AsNO5/c1-3-7-4-8(12-6(2)13)5-9(10(7)14)11(15,16)17/h4-5,14H,3H2,1-2H3,(H,12,13)(H2,15,16,17). The van der Waals surface area contributed by atoms with Gasteiger partial charge >= 0.3 is 101 Å². The third kappa shape index (κ3) is 3.36. The third-order valence-electron chi connectivity index (χ3n) is 2.18. The fourth-order valence-corrected chi connectivity index (χ4v) is 2.97. The van der Waals surface area contributed by atoms with Crippen LogP contribution in [0.4, 0.5) is 5.69 Å². The van der Waals surface area contributed by atoms with Crippen molar-refractivity contribution in [3.8, 4) is 5.75 Å². The fraction of sp³-hybridized carbons (Fsp3) is 0.300. The summed E-state index contributed by atoms with van der Waals surface area (Å²) in [4.78, 5) is 10.9. The van der Waals surface area contributed by atoms with Crippen LogP contribution in [-0.2, 0) is 15.0 Å². The number of rotatable bonds is 3. The van der Waals surface area contributed by atoms with Crippen molar-refractivity contribution in [1.82, 2.24) is 0 Å². The number of amides is 1. The van der Waals surface area contributed by atoms with Gasteiger partial charge in [0.05, 0.1) is 0 Å². The van der Waals surface area contributed by atoms with E-state index in [2.05, 4.69) is 5.32 Å². The Balaban J connectivity index is 3.39. The zero-order valence-electron chi connectivity index (χ0n) is 9.47. The molecule has 7 heteroatoms. The van der Waals surface area contributed by atoms with Gasteiger partial charge in [-0.2, -0.15) is 0 Å². The van der Waals surface area contributed by atoms with Crippen LogP contribution in [0.3, 0.4) is 0 Å². The summed E-state index contributed by atoms with van der Waals surface area (Å²) in [6.07, 6.45) is 0.405. The van der Waals surface area contributed by atoms with Gasteiger partial charge in [0.25, 0.3) is 0 Å². The number of benzene rings is 1. The molecule has 0 heterocycles. The van der Waals surface area contributed by atoms with E-state index in [1.165, 1.54) is 13.0 Å². The van der Waals surface area contributed by atoms with Crippen LogP contribution in [0.15, 0.2) is 12.1 Å². The molecule has 0 aliphatic carbocycles. The van der Waals surface area contributed by atoms with Crippen molar-refractivity contribution in [2.24, 2.45) is 0 Å². The predicted molar refractivity (Wildman–Crippen MR) is 62.3 cm³/mol. The molecule has 0 bridgehead atoms. The van der Waals surface area contributed by atoms with Crippen molar-refractivity contribution in [2.75, 3.05) is 5.32 Å². The Hall–Kier alpha value is -1.23. The number of carbonyl (C=O) groups excluding carboxylic acids is 1. The summed E-state index contributed by atoms with van der Waals surface area (Å²) >= 11 is -5.21. The molecule has 17 heavy (non-hydrogen) atoms. The van der Waals surface area contributed by atoms with Crippen LogP contribution in [0.1, 0.15) is 19.4 Å². The van der Waals surface area contributed by atoms with E-state index in [1.807, 2.05) is 0 Å². The predicted octanol–water partition coefficient (Wildman–Crippen LogP) is -0.526. The average molecular weight is 303 g/mol. The molecule has 6 nitrogen and oxygen atoms in total. The van der Waals surface area contributed by atoms with Gasteiger partial charge in [-0.3, -0.25) is 0 Å². The number of nitrogens with one attached hydrogen (secondary N) is 1. The first-order chi connectivity index (χ1) is 7.75. The number of hydrogen-bond donors (Lipinski definition) is 4. The normalized spacial score (nSPS) is 11.3. The zero-order valence-corrected chi connectivity index (χ0v) is 11.3. The summed E-state index contributed by atoms with van der Waals surface area (Å²) in [5, 5.41) is 12.1. The first-order valence-electron chi connectivity index (χ1n) is 4.95. The minimum absolute atomic E-state index is 0.270. The van der Waals surface area contributed by atoms with Crippen molar-refractivity contribution in [3.63, 3.8) is 0 Å². The maximum absolute atomic E-state index is 11.2. The van der Waals surface area contributed by atoms with Crippen molar-refractivity contribution in [1.29, 1.82) is 0 Å². The topological polar surface area (TPSA) is 107 Å². The summed E-state index contributed by atoms with van der Waals surface area (Å²) in [6, 6.07) is 2.60. The number of aromatic hydroxyl groups is 1. The van der Waals surface area contributed by atoms with Crippen molar-refractivity contribution in [3.05, 3.63) is 17.7 Å². The molecule has 0 saturated carbocycles. The fourth-order valence-electron chi connectivity index (χ4n) is 1.44. The molecular formula is C10H14AsNO5. The molecule has 0 aliphatic heterocycles. The van der Waals surface area contributed by atoms with Gasteiger partial charge in [-0.1, -0.05) is 0 Å². The number of phenols is 1. The SMILES string of the molecule is CCc1cc(NC(C)=O)cc([As](=O)(O)O)c1O. The Labute approximate surface area is 101 Å². The second-order valence-corrected chi connectivity index (χ2v) is 6.88. The van der Waals surface area contributed by atoms with E-state index in [-0.39, 0.29) is 11.6 Å². The molecule has 0 unspecified atom stereocenters. The molecule has 0 aliphatic rings. The van der Waals surface area contributed by atoms with E-state index < -0.39 is 24.3 Å². The maximum atomic E-state index is 11.2. The molecule has 0 saturated heterocycles. The Kier molecular flexibility index (Phi) is 4.03. The summed E-state index contributed by atoms with van der Waals surface area (Å²) < 4.78 is 29.1. The van der Waals surface area contributed by atoms with Crippen LogP contribution in [0, 0.1) is 0 Å². The Morgan fingerprint density at radius 1 is 1.41 bits per heavy atom. The Morgan fingerprint density at radius 3 is 2.41 bits per heavy atom. The second kappa shape index (κ2) is 4.96. The average Bonchev–Trinajstić information content (AvgIpc) is 2.17. The monoisotopic (exact) mass is 303 g/mol. The molecule has 0 fully saturated rings. The molecule has 4 N–H and O–H groups in total. The summed E-state index contributed by atoms with van der Waals surface area (Å²) in [7, 11) is 0. The van der Waals surface area contributed by atoms with Crippen molar-refractivity contribution < 1.29 is 21.8 Å². The second-order valence-electron chi connectivity index (χ2n) is 3.58. The van der Waals surface area contributed by atoms with Crippen LogP contribution in [0.25, 0.3) is 0 Å². The van der Waals surface area contributed by atoms with Gasteiger partial charge < -0.3 is 0 Å². The number of hydrogen-bond acceptors (Lipinski definition) is 3. The first-order valence-corrected chi connectivity index (χ1v) is 8.33. The molecule has 1 aromatic carbocycles. The van der Waals surface area contributed by atoms with E-state index in [4.69, 9.17) is 8.19 Å².